The van der Waals surface area contributed by atoms with Crippen LogP contribution in [0.2, 0.25) is 0 Å². The van der Waals surface area contributed by atoms with Gasteiger partial charge in [0.1, 0.15) is 5.82 Å². The maximum absolute atomic E-state index is 14.5. The van der Waals surface area contributed by atoms with E-state index >= 15 is 0 Å². The summed E-state index contributed by atoms with van der Waals surface area (Å²) in [4.78, 5) is 37.3. The van der Waals surface area contributed by atoms with Gasteiger partial charge in [0.25, 0.3) is 5.91 Å². The Hall–Kier alpha value is -2.89. The lowest BCUT2D eigenvalue weighted by atomic mass is 9.48. The van der Waals surface area contributed by atoms with Crippen LogP contribution in [0.15, 0.2) is 18.2 Å². The maximum Gasteiger partial charge on any atom is 0.472 e. The molecule has 1 heterocycles. The van der Waals surface area contributed by atoms with Crippen LogP contribution in [0.1, 0.15) is 60.9 Å². The van der Waals surface area contributed by atoms with Gasteiger partial charge < -0.3 is 15.0 Å². The van der Waals surface area contributed by atoms with E-state index < -0.39 is 23.8 Å². The predicted molar refractivity (Wildman–Crippen MR) is 127 cm³/mol. The maximum atomic E-state index is 14.5. The first-order valence-corrected chi connectivity index (χ1v) is 13.1. The third kappa shape index (κ3) is 5.89. The molecule has 1 unspecified atom stereocenters. The van der Waals surface area contributed by atoms with Gasteiger partial charge in [-0.1, -0.05) is 6.07 Å². The molecule has 12 heteroatoms. The number of benzene rings is 1. The van der Waals surface area contributed by atoms with Crippen LogP contribution in [-0.2, 0) is 16.1 Å². The molecule has 1 saturated heterocycles. The summed E-state index contributed by atoms with van der Waals surface area (Å²) in [5.74, 6) is -1.76. The highest BCUT2D eigenvalue weighted by molar-refractivity contribution is 5.95. The molecule has 4 bridgehead atoms. The summed E-state index contributed by atoms with van der Waals surface area (Å²) in [7, 11) is 0. The molecular formula is C26H32F4N4O4. The number of carbonyl (C=O) groups excluding carboxylic acids is 3. The average molecular weight is 541 g/mol. The highest BCUT2D eigenvalue weighted by Crippen LogP contribution is 2.61. The Labute approximate surface area is 217 Å². The number of rotatable bonds is 5. The van der Waals surface area contributed by atoms with Gasteiger partial charge >= 0.3 is 18.1 Å². The number of carbonyl (C=O) groups is 3. The smallest absolute Gasteiger partial charge is 0.375 e. The molecule has 5 fully saturated rings. The Kier molecular flexibility index (Phi) is 7.27. The van der Waals surface area contributed by atoms with Crippen molar-refractivity contribution in [3.63, 3.8) is 0 Å². The zero-order chi connectivity index (χ0) is 27.1. The number of nitrogens with one attached hydrogen (secondary N) is 3. The lowest BCUT2D eigenvalue weighted by Gasteiger charge is -2.58. The fraction of sp³-hybridized carbons (Fsp3) is 0.654. The first-order valence-electron chi connectivity index (χ1n) is 13.1. The first-order chi connectivity index (χ1) is 18.0. The van der Waals surface area contributed by atoms with Crippen molar-refractivity contribution >= 4 is 17.8 Å². The van der Waals surface area contributed by atoms with Crippen molar-refractivity contribution in [1.29, 1.82) is 0 Å². The zero-order valence-electron chi connectivity index (χ0n) is 20.9. The van der Waals surface area contributed by atoms with E-state index in [0.29, 0.717) is 25.1 Å². The number of halogens is 4. The number of morpholine rings is 1. The number of nitrogens with zero attached hydrogens (tertiary/aromatic N) is 1. The second-order valence-electron chi connectivity index (χ2n) is 11.4. The molecular weight excluding hydrogens is 508 g/mol. The molecule has 1 aliphatic heterocycles. The quantitative estimate of drug-likeness (QED) is 0.392. The fourth-order valence-electron chi connectivity index (χ4n) is 7.42. The molecule has 208 valence electrons. The van der Waals surface area contributed by atoms with Crippen LogP contribution in [0.25, 0.3) is 0 Å². The largest absolute Gasteiger partial charge is 0.472 e. The highest BCUT2D eigenvalue weighted by Gasteiger charge is 2.51. The number of alkyl halides is 3. The Balaban J connectivity index is 1.11. The average Bonchev–Trinajstić information content (AvgIpc) is 2.84. The van der Waals surface area contributed by atoms with Gasteiger partial charge in [0.15, 0.2) is 0 Å². The molecule has 6 rings (SSSR count). The van der Waals surface area contributed by atoms with Crippen molar-refractivity contribution in [3.8, 4) is 0 Å². The van der Waals surface area contributed by atoms with Crippen LogP contribution < -0.4 is 16.2 Å². The summed E-state index contributed by atoms with van der Waals surface area (Å²) < 4.78 is 57.3. The zero-order valence-corrected chi connectivity index (χ0v) is 20.9. The van der Waals surface area contributed by atoms with E-state index in [-0.39, 0.29) is 29.8 Å². The molecule has 38 heavy (non-hydrogen) atoms. The van der Waals surface area contributed by atoms with Gasteiger partial charge in [0, 0.05) is 30.8 Å². The van der Waals surface area contributed by atoms with Crippen LogP contribution in [0.3, 0.4) is 0 Å². The third-order valence-electron chi connectivity index (χ3n) is 8.54. The van der Waals surface area contributed by atoms with Gasteiger partial charge in [0.2, 0.25) is 0 Å². The van der Waals surface area contributed by atoms with Crippen LogP contribution in [0, 0.1) is 29.0 Å². The van der Waals surface area contributed by atoms with Gasteiger partial charge in [-0.2, -0.15) is 13.2 Å². The van der Waals surface area contributed by atoms with Crippen LogP contribution in [0.4, 0.5) is 22.4 Å². The van der Waals surface area contributed by atoms with E-state index in [1.54, 1.807) is 10.3 Å². The van der Waals surface area contributed by atoms with E-state index in [1.807, 2.05) is 0 Å². The minimum absolute atomic E-state index is 0.0156. The van der Waals surface area contributed by atoms with Crippen LogP contribution in [-0.4, -0.2) is 54.7 Å². The monoisotopic (exact) mass is 540 g/mol. The Morgan fingerprint density at radius 2 is 1.68 bits per heavy atom. The summed E-state index contributed by atoms with van der Waals surface area (Å²) in [5, 5.41) is 2.70. The Morgan fingerprint density at radius 3 is 2.29 bits per heavy atom. The van der Waals surface area contributed by atoms with Gasteiger partial charge in [-0.3, -0.25) is 20.4 Å². The molecule has 5 aliphatic rings. The number of amides is 4. The van der Waals surface area contributed by atoms with E-state index in [9.17, 15) is 31.9 Å². The number of ether oxygens (including phenoxy) is 1. The molecule has 8 nitrogen and oxygen atoms in total. The summed E-state index contributed by atoms with van der Waals surface area (Å²) in [6, 6.07) is 2.94. The molecule has 4 aliphatic carbocycles. The number of hydrazine groups is 1. The summed E-state index contributed by atoms with van der Waals surface area (Å²) in [6.07, 6.45) is 3.71. The standard InChI is InChI=1S/C26H32F4N4O4/c27-21-8-18(22(35)32-33-23(36)26(28,29)30)1-2-19(21)13-31-24(37)34-3-4-38-20(14-34)12-25-9-15-5-16(10-25)7-17(6-15)11-25/h1-2,8,15-17,20H,3-7,9-14H2,(H,31,37)(H,32,35)(H,33,36). The third-order valence-corrected chi connectivity index (χ3v) is 8.54. The lowest BCUT2D eigenvalue weighted by Crippen LogP contribution is -2.53. The molecule has 1 aromatic carbocycles. The lowest BCUT2D eigenvalue weighted by molar-refractivity contribution is -0.174. The predicted octanol–water partition coefficient (Wildman–Crippen LogP) is 3.67. The van der Waals surface area contributed by atoms with E-state index in [1.165, 1.54) is 56.1 Å². The highest BCUT2D eigenvalue weighted by atomic mass is 19.4. The molecule has 3 N–H and O–H groups in total. The van der Waals surface area contributed by atoms with Crippen LogP contribution >= 0.6 is 0 Å². The number of hydrogen-bond acceptors (Lipinski definition) is 4. The Bertz CT molecular complexity index is 1060. The minimum atomic E-state index is -5.17. The summed E-state index contributed by atoms with van der Waals surface area (Å²) >= 11 is 0. The van der Waals surface area contributed by atoms with Gasteiger partial charge in [-0.25, -0.2) is 9.18 Å². The van der Waals surface area contributed by atoms with E-state index in [0.717, 1.165) is 30.2 Å². The van der Waals surface area contributed by atoms with Crippen molar-refractivity contribution in [2.45, 2.75) is 63.8 Å². The first kappa shape index (κ1) is 26.7. The summed E-state index contributed by atoms with van der Waals surface area (Å²) in [5.41, 5.74) is 2.95. The van der Waals surface area contributed by atoms with Gasteiger partial charge in [0.05, 0.1) is 12.7 Å². The van der Waals surface area contributed by atoms with Crippen molar-refractivity contribution in [1.82, 2.24) is 21.1 Å². The van der Waals surface area contributed by atoms with Gasteiger partial charge in [-0.05, 0) is 80.2 Å². The van der Waals surface area contributed by atoms with E-state index in [2.05, 4.69) is 5.32 Å². The second kappa shape index (κ2) is 10.3. The molecule has 0 aromatic heterocycles. The number of hydrogen-bond donors (Lipinski definition) is 3. The van der Waals surface area contributed by atoms with Crippen molar-refractivity contribution < 1.29 is 36.7 Å². The van der Waals surface area contributed by atoms with Gasteiger partial charge in [-0.15, -0.1) is 0 Å². The minimum Gasteiger partial charge on any atom is -0.375 e. The SMILES string of the molecule is O=C(NNC(=O)C(F)(F)F)c1ccc(CNC(=O)N2CCOC(CC34CC5CC(CC(C5)C3)C4)C2)c(F)c1. The Morgan fingerprint density at radius 1 is 1.03 bits per heavy atom. The summed E-state index contributed by atoms with van der Waals surface area (Å²) in [6.45, 7) is 1.25. The van der Waals surface area contributed by atoms with Crippen molar-refractivity contribution in [2.24, 2.45) is 23.2 Å². The number of urea groups is 1. The molecule has 4 amide bonds. The second-order valence-corrected chi connectivity index (χ2v) is 11.4. The van der Waals surface area contributed by atoms with Crippen molar-refractivity contribution in [2.75, 3.05) is 19.7 Å². The normalized spacial score (nSPS) is 30.2. The van der Waals surface area contributed by atoms with E-state index in [4.69, 9.17) is 4.74 Å². The van der Waals surface area contributed by atoms with Crippen molar-refractivity contribution in [3.05, 3.63) is 35.1 Å². The topological polar surface area (TPSA) is 99.8 Å². The molecule has 0 radical (unpaired) electrons. The molecule has 1 atom stereocenters. The van der Waals surface area contributed by atoms with Crippen LogP contribution in [0.5, 0.6) is 0 Å². The molecule has 4 saturated carbocycles. The molecule has 1 aromatic rings. The fourth-order valence-corrected chi connectivity index (χ4v) is 7.42. The molecule has 0 spiro atoms.